The molecule has 3 rings (SSSR count). The van der Waals surface area contributed by atoms with Gasteiger partial charge in [0, 0.05) is 32.7 Å². The van der Waals surface area contributed by atoms with Gasteiger partial charge in [-0.2, -0.15) is 5.26 Å². The highest BCUT2D eigenvalue weighted by molar-refractivity contribution is 5.96. The highest BCUT2D eigenvalue weighted by atomic mass is 19.1. The first-order valence-electron chi connectivity index (χ1n) is 7.91. The van der Waals surface area contributed by atoms with E-state index in [1.165, 1.54) is 11.9 Å². The summed E-state index contributed by atoms with van der Waals surface area (Å²) in [6.07, 6.45) is 0.444. The molecule has 1 N–H and O–H groups in total. The Morgan fingerprint density at radius 2 is 2.08 bits per heavy atom. The van der Waals surface area contributed by atoms with E-state index in [0.29, 0.717) is 19.6 Å². The summed E-state index contributed by atoms with van der Waals surface area (Å²) in [5, 5.41) is 11.4. The predicted molar refractivity (Wildman–Crippen MR) is 82.4 cm³/mol. The molecule has 0 bridgehead atoms. The lowest BCUT2D eigenvalue weighted by Crippen LogP contribution is -2.49. The van der Waals surface area contributed by atoms with E-state index in [-0.39, 0.29) is 30.5 Å². The topological polar surface area (TPSA) is 82.4 Å². The second-order valence-electron chi connectivity index (χ2n) is 6.37. The summed E-state index contributed by atoms with van der Waals surface area (Å²) in [7, 11) is 1.52. The molecule has 2 aliphatic heterocycles. The average molecular weight is 349 g/mol. The number of benzene rings is 1. The highest BCUT2D eigenvalue weighted by Gasteiger charge is 2.54. The number of amides is 2. The minimum Gasteiger partial charge on any atom is -0.381 e. The third kappa shape index (κ3) is 2.74. The zero-order chi connectivity index (χ0) is 18.2. The van der Waals surface area contributed by atoms with Crippen molar-refractivity contribution in [1.82, 2.24) is 10.2 Å². The molecule has 6 nitrogen and oxygen atoms in total. The SMILES string of the molecule is CNC(=O)[C@]12CCOC[C@H]1CN(C(=O)c1c(F)cc(C#N)cc1F)C2. The number of likely N-dealkylation sites (tertiary alicyclic amines) is 1. The van der Waals surface area contributed by atoms with Crippen LogP contribution in [-0.2, 0) is 9.53 Å². The molecule has 2 aliphatic rings. The molecule has 25 heavy (non-hydrogen) atoms. The number of rotatable bonds is 2. The molecule has 0 radical (unpaired) electrons. The van der Waals surface area contributed by atoms with Crippen LogP contribution < -0.4 is 5.32 Å². The van der Waals surface area contributed by atoms with E-state index in [4.69, 9.17) is 10.00 Å². The molecule has 0 aromatic heterocycles. The van der Waals surface area contributed by atoms with Gasteiger partial charge >= 0.3 is 0 Å². The number of fused-ring (bicyclic) bond motifs is 1. The first kappa shape index (κ1) is 17.3. The van der Waals surface area contributed by atoms with Crippen molar-refractivity contribution in [3.8, 4) is 6.07 Å². The van der Waals surface area contributed by atoms with Gasteiger partial charge in [-0.25, -0.2) is 8.78 Å². The van der Waals surface area contributed by atoms with E-state index in [1.807, 2.05) is 0 Å². The molecule has 2 amide bonds. The van der Waals surface area contributed by atoms with E-state index in [9.17, 15) is 18.4 Å². The van der Waals surface area contributed by atoms with Crippen molar-refractivity contribution in [3.63, 3.8) is 0 Å². The number of hydrogen-bond acceptors (Lipinski definition) is 4. The fraction of sp³-hybridized carbons (Fsp3) is 0.471. The van der Waals surface area contributed by atoms with Gasteiger partial charge in [0.1, 0.15) is 17.2 Å². The zero-order valence-electron chi connectivity index (χ0n) is 13.6. The number of nitriles is 1. The summed E-state index contributed by atoms with van der Waals surface area (Å²) in [6.45, 7) is 0.977. The van der Waals surface area contributed by atoms with E-state index < -0.39 is 28.5 Å². The number of nitrogens with one attached hydrogen (secondary N) is 1. The van der Waals surface area contributed by atoms with E-state index in [2.05, 4.69) is 5.32 Å². The van der Waals surface area contributed by atoms with Crippen LogP contribution >= 0.6 is 0 Å². The van der Waals surface area contributed by atoms with Crippen LogP contribution in [-0.4, -0.2) is 50.1 Å². The molecule has 1 aromatic rings. The van der Waals surface area contributed by atoms with Gasteiger partial charge in [-0.05, 0) is 18.6 Å². The van der Waals surface area contributed by atoms with Gasteiger partial charge in [0.2, 0.25) is 5.91 Å². The molecule has 2 atom stereocenters. The Bertz CT molecular complexity index is 754. The summed E-state index contributed by atoms with van der Waals surface area (Å²) >= 11 is 0. The van der Waals surface area contributed by atoms with Gasteiger partial charge in [-0.1, -0.05) is 0 Å². The Morgan fingerprint density at radius 3 is 2.68 bits per heavy atom. The molecule has 2 heterocycles. The summed E-state index contributed by atoms with van der Waals surface area (Å²) in [5.74, 6) is -3.41. The second kappa shape index (κ2) is 6.41. The van der Waals surface area contributed by atoms with E-state index >= 15 is 0 Å². The number of nitrogens with zero attached hydrogens (tertiary/aromatic N) is 2. The van der Waals surface area contributed by atoms with Gasteiger partial charge < -0.3 is 15.0 Å². The van der Waals surface area contributed by atoms with Crippen LogP contribution in [0.3, 0.4) is 0 Å². The Morgan fingerprint density at radius 1 is 1.40 bits per heavy atom. The average Bonchev–Trinajstić information content (AvgIpc) is 3.01. The Hall–Kier alpha value is -2.53. The minimum atomic E-state index is -1.08. The monoisotopic (exact) mass is 349 g/mol. The lowest BCUT2D eigenvalue weighted by Gasteiger charge is -2.36. The maximum atomic E-state index is 14.1. The first-order chi connectivity index (χ1) is 11.9. The van der Waals surface area contributed by atoms with Crippen LogP contribution in [0.2, 0.25) is 0 Å². The van der Waals surface area contributed by atoms with Crippen LogP contribution in [0.4, 0.5) is 8.78 Å². The van der Waals surface area contributed by atoms with Crippen LogP contribution in [0.1, 0.15) is 22.3 Å². The van der Waals surface area contributed by atoms with Crippen molar-refractivity contribution < 1.29 is 23.1 Å². The first-order valence-corrected chi connectivity index (χ1v) is 7.91. The Balaban J connectivity index is 1.92. The second-order valence-corrected chi connectivity index (χ2v) is 6.37. The number of carbonyl (C=O) groups is 2. The summed E-state index contributed by atoms with van der Waals surface area (Å²) in [4.78, 5) is 26.4. The van der Waals surface area contributed by atoms with Crippen LogP contribution in [0.25, 0.3) is 0 Å². The molecule has 0 saturated carbocycles. The Labute approximate surface area is 143 Å². The van der Waals surface area contributed by atoms with Crippen LogP contribution in [0, 0.1) is 34.3 Å². The highest BCUT2D eigenvalue weighted by Crippen LogP contribution is 2.43. The lowest BCUT2D eigenvalue weighted by atomic mass is 9.73. The molecule has 2 saturated heterocycles. The third-order valence-corrected chi connectivity index (χ3v) is 5.06. The molecule has 8 heteroatoms. The van der Waals surface area contributed by atoms with Crippen LogP contribution in [0.5, 0.6) is 0 Å². The quantitative estimate of drug-likeness (QED) is 0.866. The lowest BCUT2D eigenvalue weighted by molar-refractivity contribution is -0.138. The number of carbonyl (C=O) groups excluding carboxylic acids is 2. The van der Waals surface area contributed by atoms with Gasteiger partial charge in [0.15, 0.2) is 0 Å². The largest absolute Gasteiger partial charge is 0.381 e. The number of hydrogen-bond donors (Lipinski definition) is 1. The summed E-state index contributed by atoms with van der Waals surface area (Å²) in [5.41, 5.74) is -1.70. The molecular formula is C17H17F2N3O3. The maximum absolute atomic E-state index is 14.1. The van der Waals surface area contributed by atoms with Gasteiger partial charge in [-0.3, -0.25) is 9.59 Å². The normalized spacial score (nSPS) is 25.2. The number of ether oxygens (including phenoxy) is 1. The van der Waals surface area contributed by atoms with Gasteiger partial charge in [-0.15, -0.1) is 0 Å². The smallest absolute Gasteiger partial charge is 0.259 e. The van der Waals surface area contributed by atoms with Crippen molar-refractivity contribution in [2.24, 2.45) is 11.3 Å². The molecule has 0 aliphatic carbocycles. The van der Waals surface area contributed by atoms with E-state index in [0.717, 1.165) is 12.1 Å². The van der Waals surface area contributed by atoms with Crippen molar-refractivity contribution in [1.29, 1.82) is 5.26 Å². The molecular weight excluding hydrogens is 332 g/mol. The van der Waals surface area contributed by atoms with Gasteiger partial charge in [0.05, 0.1) is 23.7 Å². The van der Waals surface area contributed by atoms with Crippen molar-refractivity contribution in [2.45, 2.75) is 6.42 Å². The van der Waals surface area contributed by atoms with Crippen molar-refractivity contribution in [2.75, 3.05) is 33.4 Å². The standard InChI is InChI=1S/C17H17F2N3O3/c1-21-16(24)17-2-3-25-8-11(17)7-22(9-17)15(23)14-12(18)4-10(6-20)5-13(14)19/h4-5,11H,2-3,7-9H2,1H3,(H,21,24)/t11-,17+/m1/s1. The van der Waals surface area contributed by atoms with E-state index in [1.54, 1.807) is 6.07 Å². The van der Waals surface area contributed by atoms with Gasteiger partial charge in [0.25, 0.3) is 5.91 Å². The fourth-order valence-electron chi connectivity index (χ4n) is 3.72. The predicted octanol–water partition coefficient (Wildman–Crippen LogP) is 1.06. The van der Waals surface area contributed by atoms with Crippen LogP contribution in [0.15, 0.2) is 12.1 Å². The fourth-order valence-corrected chi connectivity index (χ4v) is 3.72. The third-order valence-electron chi connectivity index (χ3n) is 5.06. The molecule has 2 fully saturated rings. The zero-order valence-corrected chi connectivity index (χ0v) is 13.6. The van der Waals surface area contributed by atoms with Crippen molar-refractivity contribution >= 4 is 11.8 Å². The van der Waals surface area contributed by atoms with Crippen molar-refractivity contribution in [3.05, 3.63) is 34.9 Å². The maximum Gasteiger partial charge on any atom is 0.259 e. The molecule has 0 spiro atoms. The summed E-state index contributed by atoms with van der Waals surface area (Å²) in [6, 6.07) is 3.30. The molecule has 1 aromatic carbocycles. The molecule has 132 valence electrons. The Kier molecular flexibility index (Phi) is 4.43. The minimum absolute atomic E-state index is 0.0818. The molecule has 0 unspecified atom stereocenters. The number of halogens is 2. The summed E-state index contributed by atoms with van der Waals surface area (Å²) < 4.78 is 33.7.